The number of pyridine rings is 1. The summed E-state index contributed by atoms with van der Waals surface area (Å²) < 4.78 is 0.906. The number of rotatable bonds is 2. The van der Waals surface area contributed by atoms with Crippen LogP contribution in [0.3, 0.4) is 0 Å². The summed E-state index contributed by atoms with van der Waals surface area (Å²) in [6.45, 7) is 0. The van der Waals surface area contributed by atoms with Crippen LogP contribution in [0.1, 0.15) is 17.9 Å². The van der Waals surface area contributed by atoms with Crippen LogP contribution >= 0.6 is 15.9 Å². The van der Waals surface area contributed by atoms with Gasteiger partial charge in [-0.05, 0) is 39.9 Å². The molecule has 1 aromatic heterocycles. The van der Waals surface area contributed by atoms with Crippen molar-refractivity contribution < 1.29 is 9.90 Å². The normalized spacial score (nSPS) is 25.6. The Labute approximate surface area is 83.9 Å². The van der Waals surface area contributed by atoms with Crippen molar-refractivity contribution in [3.63, 3.8) is 0 Å². The van der Waals surface area contributed by atoms with E-state index in [-0.39, 0.29) is 11.8 Å². The minimum atomic E-state index is -0.700. The van der Waals surface area contributed by atoms with E-state index in [2.05, 4.69) is 20.9 Å². The lowest BCUT2D eigenvalue weighted by Gasteiger charge is -2.00. The van der Waals surface area contributed by atoms with Crippen molar-refractivity contribution in [1.82, 2.24) is 4.98 Å². The predicted octanol–water partition coefficient (Wildman–Crippen LogP) is 2.03. The number of hydrogen-bond donors (Lipinski definition) is 1. The average Bonchev–Trinajstić information content (AvgIpc) is 2.84. The number of aliphatic carboxylic acids is 1. The van der Waals surface area contributed by atoms with Crippen molar-refractivity contribution in [2.45, 2.75) is 12.3 Å². The van der Waals surface area contributed by atoms with Crippen LogP contribution in [0, 0.1) is 5.92 Å². The minimum Gasteiger partial charge on any atom is -0.481 e. The number of aromatic nitrogens is 1. The first-order chi connectivity index (χ1) is 6.20. The zero-order valence-corrected chi connectivity index (χ0v) is 8.36. The molecule has 1 aliphatic rings. The second-order valence-corrected chi connectivity index (χ2v) is 4.04. The van der Waals surface area contributed by atoms with Gasteiger partial charge in [0.05, 0.1) is 5.92 Å². The third-order valence-corrected chi connectivity index (χ3v) is 2.97. The molecule has 3 nitrogen and oxygen atoms in total. The van der Waals surface area contributed by atoms with E-state index in [9.17, 15) is 4.79 Å². The van der Waals surface area contributed by atoms with Gasteiger partial charge in [-0.2, -0.15) is 0 Å². The van der Waals surface area contributed by atoms with Crippen LogP contribution in [-0.2, 0) is 4.79 Å². The topological polar surface area (TPSA) is 50.2 Å². The smallest absolute Gasteiger partial charge is 0.307 e. The summed E-state index contributed by atoms with van der Waals surface area (Å²) in [7, 11) is 0. The standard InChI is InChI=1S/C9H8BrNO2/c10-8-4-11-2-1-5(8)6-3-7(6)9(12)13/h1-2,4,6-7H,3H2,(H,12,13). The fourth-order valence-electron chi connectivity index (χ4n) is 1.50. The lowest BCUT2D eigenvalue weighted by Crippen LogP contribution is -1.99. The maximum Gasteiger partial charge on any atom is 0.307 e. The molecule has 0 aliphatic heterocycles. The van der Waals surface area contributed by atoms with Crippen LogP contribution in [0.15, 0.2) is 22.9 Å². The Hall–Kier alpha value is -0.900. The first kappa shape index (κ1) is 8.69. The number of hydrogen-bond acceptors (Lipinski definition) is 2. The SMILES string of the molecule is O=C(O)C1CC1c1ccncc1Br. The molecule has 2 atom stereocenters. The first-order valence-corrected chi connectivity index (χ1v) is 4.81. The number of halogens is 1. The second-order valence-electron chi connectivity index (χ2n) is 3.18. The van der Waals surface area contributed by atoms with Crippen LogP contribution in [0.5, 0.6) is 0 Å². The molecule has 4 heteroatoms. The summed E-state index contributed by atoms with van der Waals surface area (Å²) in [4.78, 5) is 14.6. The fourth-order valence-corrected chi connectivity index (χ4v) is 2.04. The largest absolute Gasteiger partial charge is 0.481 e. The maximum absolute atomic E-state index is 10.6. The van der Waals surface area contributed by atoms with Crippen molar-refractivity contribution >= 4 is 21.9 Å². The Balaban J connectivity index is 2.21. The number of nitrogens with zero attached hydrogens (tertiary/aromatic N) is 1. The summed E-state index contributed by atoms with van der Waals surface area (Å²) in [5.74, 6) is -0.720. The van der Waals surface area contributed by atoms with Crippen molar-refractivity contribution in [3.05, 3.63) is 28.5 Å². The number of carboxylic acids is 1. The lowest BCUT2D eigenvalue weighted by molar-refractivity contribution is -0.138. The summed E-state index contributed by atoms with van der Waals surface area (Å²) in [5, 5.41) is 8.74. The Bertz CT molecular complexity index is 353. The molecule has 0 saturated heterocycles. The van der Waals surface area contributed by atoms with Gasteiger partial charge in [0.15, 0.2) is 0 Å². The Morgan fingerprint density at radius 1 is 1.69 bits per heavy atom. The van der Waals surface area contributed by atoms with Crippen LogP contribution in [0.4, 0.5) is 0 Å². The third kappa shape index (κ3) is 1.58. The van der Waals surface area contributed by atoms with Gasteiger partial charge in [0.2, 0.25) is 0 Å². The molecule has 1 aliphatic carbocycles. The molecule has 0 aromatic carbocycles. The number of carboxylic acid groups (broad SMARTS) is 1. The Morgan fingerprint density at radius 2 is 2.46 bits per heavy atom. The summed E-state index contributed by atoms with van der Waals surface area (Å²) in [5.41, 5.74) is 1.06. The van der Waals surface area contributed by atoms with Gasteiger partial charge in [-0.1, -0.05) is 0 Å². The molecule has 0 amide bonds. The zero-order chi connectivity index (χ0) is 9.42. The summed E-state index contributed by atoms with van der Waals surface area (Å²) in [6.07, 6.45) is 4.14. The summed E-state index contributed by atoms with van der Waals surface area (Å²) >= 11 is 3.36. The van der Waals surface area contributed by atoms with Gasteiger partial charge >= 0.3 is 5.97 Å². The highest BCUT2D eigenvalue weighted by Gasteiger charge is 2.44. The Kier molecular flexibility index (Phi) is 2.07. The van der Waals surface area contributed by atoms with Gasteiger partial charge in [-0.3, -0.25) is 9.78 Å². The van der Waals surface area contributed by atoms with Gasteiger partial charge in [-0.15, -0.1) is 0 Å². The fraction of sp³-hybridized carbons (Fsp3) is 0.333. The van der Waals surface area contributed by atoms with Gasteiger partial charge in [0, 0.05) is 16.9 Å². The molecular formula is C9H8BrNO2. The van der Waals surface area contributed by atoms with E-state index in [0.717, 1.165) is 16.5 Å². The van der Waals surface area contributed by atoms with E-state index < -0.39 is 5.97 Å². The molecule has 1 heterocycles. The third-order valence-electron chi connectivity index (χ3n) is 2.31. The molecule has 68 valence electrons. The van der Waals surface area contributed by atoms with Gasteiger partial charge in [0.25, 0.3) is 0 Å². The van der Waals surface area contributed by atoms with Gasteiger partial charge < -0.3 is 5.11 Å². The first-order valence-electron chi connectivity index (χ1n) is 4.02. The van der Waals surface area contributed by atoms with Crippen LogP contribution in [0.2, 0.25) is 0 Å². The van der Waals surface area contributed by atoms with E-state index in [4.69, 9.17) is 5.11 Å². The second kappa shape index (κ2) is 3.10. The monoisotopic (exact) mass is 241 g/mol. The molecular weight excluding hydrogens is 234 g/mol. The lowest BCUT2D eigenvalue weighted by atomic mass is 10.1. The van der Waals surface area contributed by atoms with E-state index in [1.807, 2.05) is 6.07 Å². The molecule has 2 unspecified atom stereocenters. The maximum atomic E-state index is 10.6. The van der Waals surface area contributed by atoms with E-state index in [1.54, 1.807) is 12.4 Å². The molecule has 1 aromatic rings. The highest BCUT2D eigenvalue weighted by molar-refractivity contribution is 9.10. The summed E-state index contributed by atoms with van der Waals surface area (Å²) in [6, 6.07) is 1.87. The van der Waals surface area contributed by atoms with E-state index >= 15 is 0 Å². The van der Waals surface area contributed by atoms with E-state index in [0.29, 0.717) is 0 Å². The zero-order valence-electron chi connectivity index (χ0n) is 6.77. The Morgan fingerprint density at radius 3 is 3.00 bits per heavy atom. The molecule has 2 rings (SSSR count). The molecule has 1 fully saturated rings. The molecule has 0 bridgehead atoms. The van der Waals surface area contributed by atoms with Gasteiger partial charge in [-0.25, -0.2) is 0 Å². The van der Waals surface area contributed by atoms with Crippen molar-refractivity contribution in [2.24, 2.45) is 5.92 Å². The quantitative estimate of drug-likeness (QED) is 0.863. The minimum absolute atomic E-state index is 0.176. The van der Waals surface area contributed by atoms with Crippen LogP contribution in [-0.4, -0.2) is 16.1 Å². The molecule has 1 saturated carbocycles. The molecule has 13 heavy (non-hydrogen) atoms. The highest BCUT2D eigenvalue weighted by atomic mass is 79.9. The molecule has 0 spiro atoms. The predicted molar refractivity (Wildman–Crippen MR) is 50.4 cm³/mol. The highest BCUT2D eigenvalue weighted by Crippen LogP contribution is 2.49. The molecule has 1 N–H and O–H groups in total. The van der Waals surface area contributed by atoms with Crippen molar-refractivity contribution in [1.29, 1.82) is 0 Å². The van der Waals surface area contributed by atoms with Crippen LogP contribution < -0.4 is 0 Å². The van der Waals surface area contributed by atoms with Gasteiger partial charge in [0.1, 0.15) is 0 Å². The number of carbonyl (C=O) groups is 1. The average molecular weight is 242 g/mol. The van der Waals surface area contributed by atoms with Crippen molar-refractivity contribution in [3.8, 4) is 0 Å². The molecule has 0 radical (unpaired) electrons. The van der Waals surface area contributed by atoms with E-state index in [1.165, 1.54) is 0 Å². The van der Waals surface area contributed by atoms with Crippen LogP contribution in [0.25, 0.3) is 0 Å². The van der Waals surface area contributed by atoms with Crippen molar-refractivity contribution in [2.75, 3.05) is 0 Å².